The number of likely N-dealkylation sites (tertiary alicyclic amines) is 1. The average molecular weight is 1100 g/mol. The van der Waals surface area contributed by atoms with Crippen LogP contribution in [0.1, 0.15) is 83.2 Å². The molecule has 3 fully saturated rings. The second-order valence-corrected chi connectivity index (χ2v) is 20.7. The molecule has 3 aromatic heterocycles. The number of esters is 1. The summed E-state index contributed by atoms with van der Waals surface area (Å²) in [5.74, 6) is -1.56. The van der Waals surface area contributed by atoms with Gasteiger partial charge in [0.2, 0.25) is 5.91 Å². The van der Waals surface area contributed by atoms with Gasteiger partial charge in [0.05, 0.1) is 53.6 Å². The van der Waals surface area contributed by atoms with Crippen LogP contribution < -0.4 is 10.7 Å². The maximum absolute atomic E-state index is 14.7. The van der Waals surface area contributed by atoms with E-state index in [4.69, 9.17) is 24.2 Å². The third-order valence-corrected chi connectivity index (χ3v) is 14.7. The monoisotopic (exact) mass is 1100 g/mol. The van der Waals surface area contributed by atoms with E-state index >= 15 is 0 Å². The predicted molar refractivity (Wildman–Crippen MR) is 305 cm³/mol. The molecule has 71 heavy (non-hydrogen) atoms. The summed E-state index contributed by atoms with van der Waals surface area (Å²) in [5.41, 5.74) is 8.96. The fourth-order valence-electron chi connectivity index (χ4n) is 10.4. The van der Waals surface area contributed by atoms with Crippen LogP contribution in [0.25, 0.3) is 33.4 Å². The van der Waals surface area contributed by atoms with E-state index in [9.17, 15) is 19.2 Å². The number of thiazole rings is 1. The number of ether oxygens (including phenoxy) is 3. The lowest BCUT2D eigenvalue weighted by molar-refractivity contribution is -0.155. The van der Waals surface area contributed by atoms with Gasteiger partial charge in [-0.05, 0) is 82.3 Å². The number of methoxy groups -OCH3 is 1. The number of carbonyl (C=O) groups excluding carboxylic acids is 4. The number of nitrogens with one attached hydrogen (secondary N) is 2. The molecule has 1 spiro atoms. The van der Waals surface area contributed by atoms with Crippen LogP contribution in [0, 0.1) is 11.3 Å². The molecule has 396 valence electrons. The molecule has 0 saturated carbocycles. The van der Waals surface area contributed by atoms with Crippen LogP contribution in [0.5, 0.6) is 0 Å². The number of likely N-dealkylation sites (N-methyl/N-ethyl adjacent to an activating group) is 2. The first-order chi connectivity index (χ1) is 31.5. The number of hydrazine groups is 1. The predicted octanol–water partition coefficient (Wildman–Crippen LogP) is 6.25. The molecular weight excluding hydrogens is 1020 g/mol. The van der Waals surface area contributed by atoms with Crippen molar-refractivity contribution in [1.82, 2.24) is 45.0 Å². The van der Waals surface area contributed by atoms with Crippen molar-refractivity contribution in [2.75, 3.05) is 67.1 Å². The van der Waals surface area contributed by atoms with Crippen molar-refractivity contribution in [2.24, 2.45) is 11.3 Å². The average Bonchev–Trinajstić information content (AvgIpc) is 4.01. The normalized spacial score (nSPS) is 22.1. The maximum Gasteiger partial charge on any atom is 0.324 e. The minimum atomic E-state index is -1.06. The summed E-state index contributed by atoms with van der Waals surface area (Å²) in [6.07, 6.45) is 4.11. The molecule has 8 rings (SSSR count). The van der Waals surface area contributed by atoms with Crippen LogP contribution in [0.2, 0.25) is 0 Å². The van der Waals surface area contributed by atoms with Gasteiger partial charge in [0.25, 0.3) is 5.91 Å². The van der Waals surface area contributed by atoms with E-state index in [1.807, 2.05) is 32.2 Å². The number of hydrogen-bond acceptors (Lipinski definition) is 12. The third-order valence-electron chi connectivity index (χ3n) is 13.8. The van der Waals surface area contributed by atoms with Gasteiger partial charge in [0, 0.05) is 92.3 Å². The zero-order valence-electron chi connectivity index (χ0n) is 42.5. The van der Waals surface area contributed by atoms with E-state index < -0.39 is 46.9 Å². The lowest BCUT2D eigenvalue weighted by Gasteiger charge is -2.43. The van der Waals surface area contributed by atoms with E-state index in [0.29, 0.717) is 57.1 Å². The summed E-state index contributed by atoms with van der Waals surface area (Å²) in [7, 11) is 5.41. The molecule has 22 heteroatoms. The Kier molecular flexibility index (Phi) is 22.6. The number of nitrogens with zero attached hydrogens (tertiary/aromatic N) is 7. The Bertz CT molecular complexity index is 2470. The molecule has 4 aromatic rings. The molecule has 1 aromatic carbocycles. The quantitative estimate of drug-likeness (QED) is 0.192. The first-order valence-electron chi connectivity index (χ1n) is 23.5. The van der Waals surface area contributed by atoms with Gasteiger partial charge >= 0.3 is 12.0 Å². The van der Waals surface area contributed by atoms with Gasteiger partial charge in [-0.15, -0.1) is 11.3 Å². The van der Waals surface area contributed by atoms with Crippen molar-refractivity contribution in [3.8, 4) is 22.5 Å². The Labute approximate surface area is 458 Å². The minimum absolute atomic E-state index is 0. The summed E-state index contributed by atoms with van der Waals surface area (Å²) in [5, 5.41) is 8.23. The van der Waals surface area contributed by atoms with Crippen molar-refractivity contribution < 1.29 is 33.4 Å². The highest BCUT2D eigenvalue weighted by Gasteiger charge is 2.45. The molecule has 4 aliphatic heterocycles. The van der Waals surface area contributed by atoms with E-state index in [2.05, 4.69) is 72.3 Å². The maximum atomic E-state index is 14.7. The number of benzene rings is 1. The van der Waals surface area contributed by atoms with Crippen LogP contribution in [0.4, 0.5) is 4.79 Å². The fraction of sp³-hybridized carbons (Fsp3) is 0.592. The Morgan fingerprint density at radius 2 is 1.80 bits per heavy atom. The molecule has 7 heterocycles. The van der Waals surface area contributed by atoms with Gasteiger partial charge in [0.1, 0.15) is 18.1 Å². The highest BCUT2D eigenvalue weighted by molar-refractivity contribution is 7.60. The summed E-state index contributed by atoms with van der Waals surface area (Å²) in [6, 6.07) is 7.51. The van der Waals surface area contributed by atoms with Crippen molar-refractivity contribution >= 4 is 114 Å². The van der Waals surface area contributed by atoms with Crippen molar-refractivity contribution in [3.63, 3.8) is 0 Å². The number of carbonyl (C=O) groups is 4. The Morgan fingerprint density at radius 1 is 1.06 bits per heavy atom. The highest BCUT2D eigenvalue weighted by Crippen LogP contribution is 2.42. The molecule has 2 N–H and O–H groups in total. The van der Waals surface area contributed by atoms with Gasteiger partial charge in [-0.3, -0.25) is 24.4 Å². The molecule has 16 nitrogen and oxygen atoms in total. The van der Waals surface area contributed by atoms with Crippen LogP contribution in [0.3, 0.4) is 0 Å². The smallest absolute Gasteiger partial charge is 0.324 e. The van der Waals surface area contributed by atoms with Gasteiger partial charge in [-0.1, -0.05) is 33.8 Å². The second-order valence-electron chi connectivity index (χ2n) is 19.8. The van der Waals surface area contributed by atoms with Crippen LogP contribution in [-0.2, 0) is 48.0 Å². The number of amides is 4. The Morgan fingerprint density at radius 3 is 2.48 bits per heavy atom. The summed E-state index contributed by atoms with van der Waals surface area (Å²) in [4.78, 5) is 72.8. The largest absolute Gasteiger partial charge is 0.464 e. The Balaban J connectivity index is 0.00000266. The molecule has 4 aliphatic rings. The fourth-order valence-corrected chi connectivity index (χ4v) is 11.2. The SMILES string of the molecule is CCn1c(-c2cccnc2[C@H](C)OC)c2c3cc(ccc31)-c1csc(n1)C[C@H](NC(=O)[C@H](C(C)C)N(C)C(=O)N1CCO[C@]3(CCN(C)C3)C1)C(=O)N1CCC[C@H](N1)C(=O)OCC(C)(C)C2.S.S.S.S.S. The highest BCUT2D eigenvalue weighted by atomic mass is 32.1. The van der Waals surface area contributed by atoms with Crippen molar-refractivity contribution in [2.45, 2.75) is 110 Å². The van der Waals surface area contributed by atoms with Crippen LogP contribution >= 0.6 is 78.8 Å². The summed E-state index contributed by atoms with van der Waals surface area (Å²) in [6.45, 7) is 16.3. The topological polar surface area (TPSA) is 164 Å². The van der Waals surface area contributed by atoms with Crippen molar-refractivity contribution in [1.29, 1.82) is 0 Å². The Hall–Kier alpha value is -3.19. The molecule has 0 unspecified atom stereocenters. The van der Waals surface area contributed by atoms with Gasteiger partial charge in [-0.2, -0.15) is 67.5 Å². The first-order valence-corrected chi connectivity index (χ1v) is 24.4. The summed E-state index contributed by atoms with van der Waals surface area (Å²) < 4.78 is 20.5. The number of aryl methyl sites for hydroxylation is 1. The second kappa shape index (κ2) is 25.8. The number of pyridine rings is 1. The molecule has 6 bridgehead atoms. The zero-order chi connectivity index (χ0) is 47.1. The van der Waals surface area contributed by atoms with E-state index in [-0.39, 0.29) is 98.6 Å². The molecule has 0 radical (unpaired) electrons. The van der Waals surface area contributed by atoms with Gasteiger partial charge in [0.15, 0.2) is 0 Å². The molecular formula is C49H77N9O7S6. The third kappa shape index (κ3) is 13.2. The zero-order valence-corrected chi connectivity index (χ0v) is 48.3. The van der Waals surface area contributed by atoms with Crippen LogP contribution in [0.15, 0.2) is 41.9 Å². The number of fused-ring (bicyclic) bond motifs is 6. The number of morpholine rings is 1. The lowest BCUT2D eigenvalue weighted by Crippen LogP contribution is -2.63. The number of hydrogen-bond donors (Lipinski definition) is 2. The lowest BCUT2D eigenvalue weighted by atomic mass is 9.84. The molecule has 0 aliphatic carbocycles. The molecule has 5 atom stereocenters. The van der Waals surface area contributed by atoms with Gasteiger partial charge < -0.3 is 38.8 Å². The molecule has 4 amide bonds. The minimum Gasteiger partial charge on any atom is -0.464 e. The van der Waals surface area contributed by atoms with Gasteiger partial charge in [-0.25, -0.2) is 15.2 Å². The number of cyclic esters (lactones) is 1. The van der Waals surface area contributed by atoms with E-state index in [1.54, 1.807) is 25.3 Å². The summed E-state index contributed by atoms with van der Waals surface area (Å²) >= 11 is 1.43. The number of aromatic nitrogens is 3. The van der Waals surface area contributed by atoms with E-state index in [1.165, 1.54) is 21.2 Å². The van der Waals surface area contributed by atoms with Crippen molar-refractivity contribution in [3.05, 3.63) is 58.2 Å². The van der Waals surface area contributed by atoms with Crippen LogP contribution in [-0.4, -0.2) is 149 Å². The molecule has 3 saturated heterocycles. The number of urea groups is 1. The standard InChI is InChI=1S/C49H67N9O7S.5H2S/c1-10-57-39-16-15-32-23-34(39)35(43(57)33-13-11-18-50-41(33)31(4)63-9)25-48(5,6)29-64-46(61)36-14-12-19-58(53-36)45(60)37(24-40-51-38(32)26-66-40)52-44(59)42(30(2)3)55(8)47(62)56-21-22-65-49(28-56)17-20-54(7)27-49;;;;;/h11,13,15-16,18,23,26,30-31,36-37,42,53H,10,12,14,17,19-22,24-25,27-29H2,1-9H3,(H,52,59);5*1H2/t31-,36-,37-,42-,49-;;;;;/m0...../s1. The van der Waals surface area contributed by atoms with E-state index in [0.717, 1.165) is 64.2 Å². The number of rotatable bonds is 8. The first kappa shape index (κ1) is 62.1.